The van der Waals surface area contributed by atoms with Crippen molar-refractivity contribution in [3.63, 3.8) is 0 Å². The van der Waals surface area contributed by atoms with Crippen LogP contribution in [-0.2, 0) is 7.05 Å². The molecule has 2 aromatic heterocycles. The third-order valence-corrected chi connectivity index (χ3v) is 2.33. The minimum atomic E-state index is 1.04. The van der Waals surface area contributed by atoms with Gasteiger partial charge in [0.2, 0.25) is 0 Å². The van der Waals surface area contributed by atoms with Crippen molar-refractivity contribution in [2.45, 2.75) is 0 Å². The zero-order valence-corrected chi connectivity index (χ0v) is 8.24. The fourth-order valence-electron chi connectivity index (χ4n) is 1.14. The summed E-state index contributed by atoms with van der Waals surface area (Å²) in [5.41, 5.74) is 1.24. The van der Waals surface area contributed by atoms with Gasteiger partial charge in [0.15, 0.2) is 0 Å². The monoisotopic (exact) mass is 258 g/mol. The van der Waals surface area contributed by atoms with Crippen molar-refractivity contribution in [2.24, 2.45) is 7.05 Å². The van der Waals surface area contributed by atoms with Gasteiger partial charge in [0.25, 0.3) is 0 Å². The van der Waals surface area contributed by atoms with E-state index < -0.39 is 0 Å². The molecule has 11 heavy (non-hydrogen) atoms. The van der Waals surface area contributed by atoms with E-state index in [4.69, 9.17) is 0 Å². The van der Waals surface area contributed by atoms with Crippen molar-refractivity contribution in [3.8, 4) is 0 Å². The second-order valence-electron chi connectivity index (χ2n) is 2.49. The van der Waals surface area contributed by atoms with Gasteiger partial charge >= 0.3 is 0 Å². The number of pyridine rings is 1. The van der Waals surface area contributed by atoms with E-state index in [0.29, 0.717) is 0 Å². The Kier molecular flexibility index (Phi) is 1.60. The first-order valence-electron chi connectivity index (χ1n) is 3.34. The van der Waals surface area contributed by atoms with E-state index >= 15 is 0 Å². The number of aryl methyl sites for hydroxylation is 1. The molecular weight excluding hydrogens is 251 g/mol. The minimum Gasteiger partial charge on any atom is -0.350 e. The predicted octanol–water partition coefficient (Wildman–Crippen LogP) is 2.18. The Morgan fingerprint density at radius 2 is 2.36 bits per heavy atom. The minimum absolute atomic E-state index is 1.04. The van der Waals surface area contributed by atoms with Crippen molar-refractivity contribution in [3.05, 3.63) is 28.2 Å². The molecule has 0 fully saturated rings. The largest absolute Gasteiger partial charge is 0.350 e. The summed E-state index contributed by atoms with van der Waals surface area (Å²) in [4.78, 5) is 4.19. The summed E-state index contributed by atoms with van der Waals surface area (Å²) in [6.45, 7) is 0. The van der Waals surface area contributed by atoms with Crippen LogP contribution in [0.3, 0.4) is 0 Å². The Morgan fingerprint density at radius 3 is 3.18 bits per heavy atom. The molecule has 56 valence electrons. The van der Waals surface area contributed by atoms with Crippen LogP contribution in [0, 0.1) is 3.70 Å². The van der Waals surface area contributed by atoms with E-state index in [-0.39, 0.29) is 0 Å². The van der Waals surface area contributed by atoms with E-state index in [1.807, 2.05) is 19.4 Å². The van der Waals surface area contributed by atoms with Gasteiger partial charge in [0.05, 0.1) is 5.52 Å². The van der Waals surface area contributed by atoms with Crippen LogP contribution >= 0.6 is 22.6 Å². The molecule has 0 radical (unpaired) electrons. The van der Waals surface area contributed by atoms with Crippen molar-refractivity contribution in [2.75, 3.05) is 0 Å². The highest BCUT2D eigenvalue weighted by Gasteiger charge is 1.97. The Labute approximate surface area is 78.4 Å². The van der Waals surface area contributed by atoms with Crippen LogP contribution in [0.15, 0.2) is 24.5 Å². The van der Waals surface area contributed by atoms with Gasteiger partial charge in [-0.3, -0.25) is 0 Å². The van der Waals surface area contributed by atoms with Crippen LogP contribution in [-0.4, -0.2) is 9.55 Å². The second-order valence-corrected chi connectivity index (χ2v) is 3.60. The van der Waals surface area contributed by atoms with Crippen molar-refractivity contribution < 1.29 is 0 Å². The number of halogens is 1. The third-order valence-electron chi connectivity index (χ3n) is 1.74. The smallest absolute Gasteiger partial charge is 0.103 e. The number of aromatic nitrogens is 2. The van der Waals surface area contributed by atoms with Gasteiger partial charge in [-0.05, 0) is 34.7 Å². The maximum atomic E-state index is 4.19. The zero-order valence-electron chi connectivity index (χ0n) is 6.08. The lowest BCUT2D eigenvalue weighted by atomic mass is 10.3. The lowest BCUT2D eigenvalue weighted by Gasteiger charge is -1.94. The first kappa shape index (κ1) is 7.09. The third kappa shape index (κ3) is 1.13. The first-order valence-corrected chi connectivity index (χ1v) is 4.42. The molecule has 0 aliphatic heterocycles. The molecule has 0 aliphatic carbocycles. The summed E-state index contributed by atoms with van der Waals surface area (Å²) in [5.74, 6) is 0. The molecule has 0 unspecified atom stereocenters. The molecule has 0 N–H and O–H groups in total. The Hall–Kier alpha value is -0.580. The standard InChI is InChI=1S/C8H7IN2/c1-11-3-2-6-5-10-8(9)4-7(6)11/h2-5H,1H3. The molecule has 2 rings (SSSR count). The number of fused-ring (bicyclic) bond motifs is 1. The summed E-state index contributed by atoms with van der Waals surface area (Å²) >= 11 is 2.22. The summed E-state index contributed by atoms with van der Waals surface area (Å²) < 4.78 is 3.14. The molecule has 0 saturated carbocycles. The number of rotatable bonds is 0. The molecule has 2 heterocycles. The average Bonchev–Trinajstić information content (AvgIpc) is 2.33. The van der Waals surface area contributed by atoms with E-state index in [9.17, 15) is 0 Å². The summed E-state index contributed by atoms with van der Waals surface area (Å²) in [6.07, 6.45) is 3.94. The van der Waals surface area contributed by atoms with Crippen molar-refractivity contribution in [1.29, 1.82) is 0 Å². The molecule has 0 saturated heterocycles. The van der Waals surface area contributed by atoms with E-state index in [1.54, 1.807) is 0 Å². The first-order chi connectivity index (χ1) is 5.27. The van der Waals surface area contributed by atoms with Gasteiger partial charge in [-0.1, -0.05) is 0 Å². The molecule has 0 aromatic carbocycles. The van der Waals surface area contributed by atoms with Crippen molar-refractivity contribution >= 4 is 33.5 Å². The summed E-state index contributed by atoms with van der Waals surface area (Å²) in [7, 11) is 2.04. The van der Waals surface area contributed by atoms with Crippen LogP contribution in [0.25, 0.3) is 10.9 Å². The predicted molar refractivity (Wildman–Crippen MR) is 53.4 cm³/mol. The van der Waals surface area contributed by atoms with Gasteiger partial charge in [0.1, 0.15) is 3.70 Å². The highest BCUT2D eigenvalue weighted by atomic mass is 127. The van der Waals surface area contributed by atoms with Crippen LogP contribution in [0.4, 0.5) is 0 Å². The normalized spacial score (nSPS) is 10.7. The van der Waals surface area contributed by atoms with E-state index in [1.165, 1.54) is 10.9 Å². The molecule has 3 heteroatoms. The number of hydrogen-bond donors (Lipinski definition) is 0. The summed E-state index contributed by atoms with van der Waals surface area (Å²) in [6, 6.07) is 4.15. The topological polar surface area (TPSA) is 17.8 Å². The quantitative estimate of drug-likeness (QED) is 0.523. The van der Waals surface area contributed by atoms with Crippen LogP contribution in [0.5, 0.6) is 0 Å². The average molecular weight is 258 g/mol. The van der Waals surface area contributed by atoms with Crippen molar-refractivity contribution in [1.82, 2.24) is 9.55 Å². The fraction of sp³-hybridized carbons (Fsp3) is 0.125. The highest BCUT2D eigenvalue weighted by Crippen LogP contribution is 2.14. The molecule has 0 spiro atoms. The lowest BCUT2D eigenvalue weighted by molar-refractivity contribution is 0.967. The van der Waals surface area contributed by atoms with Gasteiger partial charge in [-0.2, -0.15) is 0 Å². The SMILES string of the molecule is Cn1ccc2cnc(I)cc21. The molecule has 2 nitrogen and oxygen atoms in total. The van der Waals surface area contributed by atoms with E-state index in [2.05, 4.69) is 44.3 Å². The second kappa shape index (κ2) is 2.48. The highest BCUT2D eigenvalue weighted by molar-refractivity contribution is 14.1. The molecule has 0 bridgehead atoms. The summed E-state index contributed by atoms with van der Waals surface area (Å²) in [5, 5.41) is 1.20. The molecular formula is C8H7IN2. The van der Waals surface area contributed by atoms with E-state index in [0.717, 1.165) is 3.70 Å². The van der Waals surface area contributed by atoms with Gasteiger partial charge in [-0.25, -0.2) is 4.98 Å². The molecule has 0 amide bonds. The zero-order chi connectivity index (χ0) is 7.84. The van der Waals surface area contributed by atoms with Gasteiger partial charge < -0.3 is 4.57 Å². The molecule has 2 aromatic rings. The van der Waals surface area contributed by atoms with Crippen LogP contribution < -0.4 is 0 Å². The molecule has 0 aliphatic rings. The van der Waals surface area contributed by atoms with Crippen LogP contribution in [0.1, 0.15) is 0 Å². The van der Waals surface area contributed by atoms with Crippen LogP contribution in [0.2, 0.25) is 0 Å². The number of nitrogens with zero attached hydrogens (tertiary/aromatic N) is 2. The maximum absolute atomic E-state index is 4.19. The Balaban J connectivity index is 2.87. The van der Waals surface area contributed by atoms with Gasteiger partial charge in [0, 0.05) is 24.8 Å². The Morgan fingerprint density at radius 1 is 1.55 bits per heavy atom. The lowest BCUT2D eigenvalue weighted by Crippen LogP contribution is -1.85. The molecule has 0 atom stereocenters. The van der Waals surface area contributed by atoms with Gasteiger partial charge in [-0.15, -0.1) is 0 Å². The number of hydrogen-bond acceptors (Lipinski definition) is 1. The maximum Gasteiger partial charge on any atom is 0.103 e. The Bertz CT molecular complexity index is 392. The fourth-order valence-corrected chi connectivity index (χ4v) is 1.57.